The number of amides is 1. The monoisotopic (exact) mass is 353 g/mol. The third-order valence-corrected chi connectivity index (χ3v) is 2.94. The number of nitrogens with one attached hydrogen (secondary N) is 1. The van der Waals surface area contributed by atoms with E-state index in [1.165, 1.54) is 0 Å². The number of carbonyl (C=O) groups is 2. The van der Waals surface area contributed by atoms with Gasteiger partial charge in [-0.1, -0.05) is 15.9 Å². The van der Waals surface area contributed by atoms with Crippen molar-refractivity contribution in [3.63, 3.8) is 0 Å². The van der Waals surface area contributed by atoms with Crippen LogP contribution >= 0.6 is 15.9 Å². The highest BCUT2D eigenvalue weighted by atomic mass is 79.9. The summed E-state index contributed by atoms with van der Waals surface area (Å²) in [4.78, 5) is 23.5. The number of carbonyl (C=O) groups excluding carboxylic acids is 2. The maximum absolute atomic E-state index is 11.9. The van der Waals surface area contributed by atoms with Gasteiger partial charge in [0.1, 0.15) is 6.54 Å². The summed E-state index contributed by atoms with van der Waals surface area (Å²) in [7, 11) is 0. The maximum atomic E-state index is 11.9. The van der Waals surface area contributed by atoms with Gasteiger partial charge in [-0.05, 0) is 41.6 Å². The Morgan fingerprint density at radius 1 is 1.33 bits per heavy atom. The number of anilines is 1. The Bertz CT molecular complexity index is 641. The van der Waals surface area contributed by atoms with Crippen molar-refractivity contribution in [2.45, 2.75) is 13.5 Å². The summed E-state index contributed by atoms with van der Waals surface area (Å²) < 4.78 is 6.80. The van der Waals surface area contributed by atoms with Crippen LogP contribution in [0.3, 0.4) is 0 Å². The van der Waals surface area contributed by atoms with Crippen molar-refractivity contribution in [2.75, 3.05) is 11.9 Å². The van der Waals surface area contributed by atoms with Gasteiger partial charge in [-0.3, -0.25) is 4.79 Å². The first kappa shape index (κ1) is 15.1. The van der Waals surface area contributed by atoms with E-state index in [1.807, 2.05) is 0 Å². The van der Waals surface area contributed by atoms with Gasteiger partial charge in [-0.2, -0.15) is 0 Å². The number of benzene rings is 1. The molecule has 1 aromatic carbocycles. The van der Waals surface area contributed by atoms with Crippen LogP contribution in [0.5, 0.6) is 0 Å². The van der Waals surface area contributed by atoms with E-state index >= 15 is 0 Å². The summed E-state index contributed by atoms with van der Waals surface area (Å²) in [5, 5.41) is 13.2. The smallest absolute Gasteiger partial charge is 0.378 e. The second kappa shape index (κ2) is 6.93. The first-order valence-electron chi connectivity index (χ1n) is 6.09. The number of hydrogen-bond donors (Lipinski definition) is 1. The summed E-state index contributed by atoms with van der Waals surface area (Å²) in [5.74, 6) is -1.13. The molecule has 21 heavy (non-hydrogen) atoms. The third kappa shape index (κ3) is 4.09. The molecule has 0 spiro atoms. The highest BCUT2D eigenvalue weighted by molar-refractivity contribution is 9.10. The van der Waals surface area contributed by atoms with Gasteiger partial charge in [0.05, 0.1) is 6.61 Å². The van der Waals surface area contributed by atoms with Crippen LogP contribution in [-0.4, -0.2) is 38.7 Å². The van der Waals surface area contributed by atoms with Crippen molar-refractivity contribution in [1.82, 2.24) is 20.2 Å². The summed E-state index contributed by atoms with van der Waals surface area (Å²) in [5.41, 5.74) is 0.633. The molecule has 1 amide bonds. The lowest BCUT2D eigenvalue weighted by atomic mass is 10.3. The van der Waals surface area contributed by atoms with Gasteiger partial charge < -0.3 is 10.1 Å². The fourth-order valence-corrected chi connectivity index (χ4v) is 1.79. The zero-order valence-electron chi connectivity index (χ0n) is 11.1. The Morgan fingerprint density at radius 3 is 2.71 bits per heavy atom. The highest BCUT2D eigenvalue weighted by Crippen LogP contribution is 2.14. The summed E-state index contributed by atoms with van der Waals surface area (Å²) in [6.07, 6.45) is 0. The van der Waals surface area contributed by atoms with E-state index in [-0.39, 0.29) is 24.9 Å². The quantitative estimate of drug-likeness (QED) is 0.812. The first-order chi connectivity index (χ1) is 10.1. The van der Waals surface area contributed by atoms with E-state index in [4.69, 9.17) is 4.74 Å². The molecule has 0 atom stereocenters. The van der Waals surface area contributed by atoms with E-state index in [0.717, 1.165) is 9.15 Å². The largest absolute Gasteiger partial charge is 0.460 e. The molecule has 0 aliphatic carbocycles. The van der Waals surface area contributed by atoms with Crippen molar-refractivity contribution in [1.29, 1.82) is 0 Å². The van der Waals surface area contributed by atoms with Gasteiger partial charge in [-0.25, -0.2) is 9.48 Å². The average Bonchev–Trinajstić information content (AvgIpc) is 2.90. The Morgan fingerprint density at radius 2 is 2.05 bits per heavy atom. The fraction of sp³-hybridized carbons (Fsp3) is 0.250. The standard InChI is InChI=1S/C12H12BrN5O3/c1-2-21-12(20)11-15-16-17-18(11)7-10(19)14-9-5-3-8(13)4-6-9/h3-6H,2,7H2,1H3,(H,14,19). The topological polar surface area (TPSA) is 99.0 Å². The van der Waals surface area contributed by atoms with Crippen molar-refractivity contribution in [2.24, 2.45) is 0 Å². The van der Waals surface area contributed by atoms with Crippen LogP contribution in [0.2, 0.25) is 0 Å². The van der Waals surface area contributed by atoms with Crippen LogP contribution in [0, 0.1) is 0 Å². The van der Waals surface area contributed by atoms with E-state index in [1.54, 1.807) is 31.2 Å². The molecular weight excluding hydrogens is 342 g/mol. The SMILES string of the molecule is CCOC(=O)c1nnnn1CC(=O)Nc1ccc(Br)cc1. The van der Waals surface area contributed by atoms with Crippen molar-refractivity contribution in [3.05, 3.63) is 34.6 Å². The molecule has 9 heteroatoms. The van der Waals surface area contributed by atoms with Crippen molar-refractivity contribution >= 4 is 33.5 Å². The van der Waals surface area contributed by atoms with E-state index in [0.29, 0.717) is 5.69 Å². The molecule has 8 nitrogen and oxygen atoms in total. The van der Waals surface area contributed by atoms with Gasteiger partial charge in [0.2, 0.25) is 5.91 Å². The maximum Gasteiger partial charge on any atom is 0.378 e. The molecular formula is C12H12BrN5O3. The van der Waals surface area contributed by atoms with Gasteiger partial charge in [0.25, 0.3) is 5.82 Å². The molecule has 0 aliphatic heterocycles. The number of rotatable bonds is 5. The molecule has 1 heterocycles. The Balaban J connectivity index is 2.01. The average molecular weight is 354 g/mol. The molecule has 0 aliphatic rings. The Labute approximate surface area is 128 Å². The Kier molecular flexibility index (Phi) is 4.99. The van der Waals surface area contributed by atoms with Crippen LogP contribution in [0.25, 0.3) is 0 Å². The van der Waals surface area contributed by atoms with Crippen LogP contribution in [0.1, 0.15) is 17.5 Å². The van der Waals surface area contributed by atoms with Crippen molar-refractivity contribution in [3.8, 4) is 0 Å². The Hall–Kier alpha value is -2.29. The fourth-order valence-electron chi connectivity index (χ4n) is 1.52. The van der Waals surface area contributed by atoms with Crippen LogP contribution in [0.4, 0.5) is 5.69 Å². The predicted octanol–water partition coefficient (Wildman–Crippen LogP) is 1.25. The first-order valence-corrected chi connectivity index (χ1v) is 6.88. The van der Waals surface area contributed by atoms with Crippen LogP contribution < -0.4 is 5.32 Å². The zero-order valence-corrected chi connectivity index (χ0v) is 12.7. The molecule has 1 N–H and O–H groups in total. The molecule has 0 radical (unpaired) electrons. The minimum Gasteiger partial charge on any atom is -0.460 e. The van der Waals surface area contributed by atoms with Gasteiger partial charge in [-0.15, -0.1) is 5.10 Å². The summed E-state index contributed by atoms with van der Waals surface area (Å²) in [6, 6.07) is 7.09. The summed E-state index contributed by atoms with van der Waals surface area (Å²) in [6.45, 7) is 1.69. The number of ether oxygens (including phenoxy) is 1. The third-order valence-electron chi connectivity index (χ3n) is 2.41. The van der Waals surface area contributed by atoms with E-state index in [2.05, 4.69) is 36.8 Å². The predicted molar refractivity (Wildman–Crippen MR) is 76.5 cm³/mol. The molecule has 0 fully saturated rings. The van der Waals surface area contributed by atoms with Gasteiger partial charge in [0.15, 0.2) is 0 Å². The molecule has 0 bridgehead atoms. The van der Waals surface area contributed by atoms with Gasteiger partial charge >= 0.3 is 5.97 Å². The lowest BCUT2D eigenvalue weighted by Crippen LogP contribution is -2.23. The summed E-state index contributed by atoms with van der Waals surface area (Å²) >= 11 is 3.31. The molecule has 0 saturated carbocycles. The highest BCUT2D eigenvalue weighted by Gasteiger charge is 2.18. The number of hydrogen-bond acceptors (Lipinski definition) is 6. The van der Waals surface area contributed by atoms with E-state index in [9.17, 15) is 9.59 Å². The molecule has 2 aromatic rings. The minimum atomic E-state index is -0.668. The molecule has 1 aromatic heterocycles. The second-order valence-corrected chi connectivity index (χ2v) is 4.85. The second-order valence-electron chi connectivity index (χ2n) is 3.94. The number of halogens is 1. The van der Waals surface area contributed by atoms with Gasteiger partial charge in [0, 0.05) is 10.2 Å². The van der Waals surface area contributed by atoms with Crippen LogP contribution in [0.15, 0.2) is 28.7 Å². The van der Waals surface area contributed by atoms with Crippen LogP contribution in [-0.2, 0) is 16.1 Å². The lowest BCUT2D eigenvalue weighted by molar-refractivity contribution is -0.116. The molecule has 110 valence electrons. The normalized spacial score (nSPS) is 10.2. The molecule has 0 unspecified atom stereocenters. The lowest BCUT2D eigenvalue weighted by Gasteiger charge is -2.06. The number of tetrazole rings is 1. The molecule has 2 rings (SSSR count). The number of aromatic nitrogens is 4. The zero-order chi connectivity index (χ0) is 15.2. The van der Waals surface area contributed by atoms with Crippen molar-refractivity contribution < 1.29 is 14.3 Å². The van der Waals surface area contributed by atoms with E-state index < -0.39 is 5.97 Å². The molecule has 0 saturated heterocycles. The number of nitrogens with zero attached hydrogens (tertiary/aromatic N) is 4. The number of esters is 1. The minimum absolute atomic E-state index is 0.109.